The molecule has 0 saturated carbocycles. The van der Waals surface area contributed by atoms with Crippen molar-refractivity contribution in [2.24, 2.45) is 0 Å². The molecule has 1 unspecified atom stereocenters. The van der Waals surface area contributed by atoms with Gasteiger partial charge in [0.2, 0.25) is 0 Å². The molecule has 1 atom stereocenters. The molecule has 0 aliphatic rings. The second kappa shape index (κ2) is 4.21. The fourth-order valence-corrected chi connectivity index (χ4v) is 1.98. The summed E-state index contributed by atoms with van der Waals surface area (Å²) in [6, 6.07) is 9.60. The molecule has 0 amide bonds. The van der Waals surface area contributed by atoms with Crippen LogP contribution in [0, 0.1) is 6.92 Å². The highest BCUT2D eigenvalue weighted by Crippen LogP contribution is 2.27. The highest BCUT2D eigenvalue weighted by Gasteiger charge is 2.14. The van der Waals surface area contributed by atoms with Gasteiger partial charge in [-0.2, -0.15) is 0 Å². The van der Waals surface area contributed by atoms with Gasteiger partial charge in [-0.3, -0.25) is 0 Å². The number of aromatic nitrogens is 1. The summed E-state index contributed by atoms with van der Waals surface area (Å²) in [4.78, 5) is 3.02. The number of benzene rings is 1. The van der Waals surface area contributed by atoms with Crippen molar-refractivity contribution >= 4 is 15.9 Å². The second-order valence-corrected chi connectivity index (χ2v) is 4.34. The first kappa shape index (κ1) is 10.5. The zero-order valence-corrected chi connectivity index (χ0v) is 9.95. The average Bonchev–Trinajstić information content (AvgIpc) is 2.74. The van der Waals surface area contributed by atoms with Gasteiger partial charge in [0.15, 0.2) is 0 Å². The van der Waals surface area contributed by atoms with Gasteiger partial charge in [0.25, 0.3) is 0 Å². The zero-order chi connectivity index (χ0) is 10.8. The number of halogens is 1. The fourth-order valence-electron chi connectivity index (χ4n) is 1.60. The predicted molar refractivity (Wildman–Crippen MR) is 63.7 cm³/mol. The molecule has 1 heterocycles. The molecular weight excluding hydrogens is 254 g/mol. The topological polar surface area (TPSA) is 36.0 Å². The third kappa shape index (κ3) is 1.98. The summed E-state index contributed by atoms with van der Waals surface area (Å²) in [6.07, 6.45) is 1.23. The van der Waals surface area contributed by atoms with Crippen LogP contribution in [0.5, 0.6) is 0 Å². The lowest BCUT2D eigenvalue weighted by atomic mass is 10.0. The maximum atomic E-state index is 10.1. The van der Waals surface area contributed by atoms with Crippen molar-refractivity contribution in [2.45, 2.75) is 13.0 Å². The van der Waals surface area contributed by atoms with Crippen LogP contribution in [0.3, 0.4) is 0 Å². The van der Waals surface area contributed by atoms with Crippen molar-refractivity contribution in [3.05, 3.63) is 57.8 Å². The molecule has 0 aliphatic heterocycles. The van der Waals surface area contributed by atoms with Gasteiger partial charge in [0.05, 0.1) is 0 Å². The van der Waals surface area contributed by atoms with Crippen molar-refractivity contribution in [1.29, 1.82) is 0 Å². The van der Waals surface area contributed by atoms with Crippen LogP contribution >= 0.6 is 15.9 Å². The summed E-state index contributed by atoms with van der Waals surface area (Å²) in [7, 11) is 0. The monoisotopic (exact) mass is 265 g/mol. The Morgan fingerprint density at radius 3 is 2.73 bits per heavy atom. The van der Waals surface area contributed by atoms with Gasteiger partial charge in [-0.1, -0.05) is 28.1 Å². The Bertz CT molecular complexity index is 451. The van der Waals surface area contributed by atoms with Crippen LogP contribution in [0.15, 0.2) is 41.0 Å². The molecule has 0 bridgehead atoms. The fraction of sp³-hybridized carbons (Fsp3) is 0.167. The first-order valence-electron chi connectivity index (χ1n) is 4.76. The summed E-state index contributed by atoms with van der Waals surface area (Å²) in [5.74, 6) is 0. The van der Waals surface area contributed by atoms with E-state index < -0.39 is 6.10 Å². The third-order valence-corrected chi connectivity index (χ3v) is 3.38. The van der Waals surface area contributed by atoms with E-state index in [-0.39, 0.29) is 0 Å². The molecule has 1 aromatic heterocycles. The summed E-state index contributed by atoms with van der Waals surface area (Å²) in [5, 5.41) is 10.1. The minimum absolute atomic E-state index is 0.586. The maximum Gasteiger partial charge on any atom is 0.119 e. The minimum atomic E-state index is -0.586. The van der Waals surface area contributed by atoms with E-state index in [2.05, 4.69) is 20.9 Å². The number of aliphatic hydroxyl groups excluding tert-OH is 1. The van der Waals surface area contributed by atoms with Crippen LogP contribution in [0.25, 0.3) is 0 Å². The molecule has 3 heteroatoms. The van der Waals surface area contributed by atoms with E-state index in [1.165, 1.54) is 0 Å². The van der Waals surface area contributed by atoms with E-state index in [9.17, 15) is 5.11 Å². The first-order valence-corrected chi connectivity index (χ1v) is 5.56. The molecule has 0 fully saturated rings. The molecule has 2 N–H and O–H groups in total. The van der Waals surface area contributed by atoms with Crippen LogP contribution < -0.4 is 0 Å². The predicted octanol–water partition coefficient (Wildman–Crippen LogP) is 3.17. The minimum Gasteiger partial charge on any atom is -0.382 e. The first-order chi connectivity index (χ1) is 7.20. The van der Waals surface area contributed by atoms with Crippen LogP contribution in [0.4, 0.5) is 0 Å². The molecule has 0 radical (unpaired) electrons. The van der Waals surface area contributed by atoms with Crippen LogP contribution in [-0.4, -0.2) is 10.1 Å². The average molecular weight is 266 g/mol. The van der Waals surface area contributed by atoms with Gasteiger partial charge in [-0.15, -0.1) is 0 Å². The summed E-state index contributed by atoms with van der Waals surface area (Å²) in [6.45, 7) is 1.99. The normalized spacial score (nSPS) is 12.7. The standard InChI is InChI=1S/C12H12BrNO/c1-8-9(4-2-5-10(8)13)12(15)11-6-3-7-14-11/h2-7,12,14-15H,1H3. The summed E-state index contributed by atoms with van der Waals surface area (Å²) >= 11 is 3.46. The molecule has 2 aromatic rings. The number of hydrogen-bond acceptors (Lipinski definition) is 1. The van der Waals surface area contributed by atoms with Crippen molar-refractivity contribution in [2.75, 3.05) is 0 Å². The quantitative estimate of drug-likeness (QED) is 0.860. The molecule has 0 saturated heterocycles. The lowest BCUT2D eigenvalue weighted by molar-refractivity contribution is 0.215. The smallest absolute Gasteiger partial charge is 0.119 e. The van der Waals surface area contributed by atoms with Gasteiger partial charge in [0, 0.05) is 16.4 Å². The van der Waals surface area contributed by atoms with E-state index in [4.69, 9.17) is 0 Å². The van der Waals surface area contributed by atoms with Crippen LogP contribution in [-0.2, 0) is 0 Å². The van der Waals surface area contributed by atoms with Gasteiger partial charge in [-0.25, -0.2) is 0 Å². The van der Waals surface area contributed by atoms with Gasteiger partial charge >= 0.3 is 0 Å². The second-order valence-electron chi connectivity index (χ2n) is 3.48. The van der Waals surface area contributed by atoms with Crippen LogP contribution in [0.1, 0.15) is 22.9 Å². The number of aliphatic hydroxyl groups is 1. The van der Waals surface area contributed by atoms with Crippen molar-refractivity contribution < 1.29 is 5.11 Å². The number of nitrogens with one attached hydrogen (secondary N) is 1. The Kier molecular flexibility index (Phi) is 2.93. The van der Waals surface area contributed by atoms with Gasteiger partial charge < -0.3 is 10.1 Å². The van der Waals surface area contributed by atoms with Gasteiger partial charge in [-0.05, 0) is 36.2 Å². The Balaban J connectivity index is 2.42. The molecule has 78 valence electrons. The summed E-state index contributed by atoms with van der Waals surface area (Å²) in [5.41, 5.74) is 2.81. The van der Waals surface area contributed by atoms with E-state index in [1.807, 2.05) is 43.5 Å². The van der Waals surface area contributed by atoms with Crippen molar-refractivity contribution in [1.82, 2.24) is 4.98 Å². The van der Waals surface area contributed by atoms with E-state index in [1.54, 1.807) is 0 Å². The Morgan fingerprint density at radius 2 is 2.07 bits per heavy atom. The Hall–Kier alpha value is -1.06. The van der Waals surface area contributed by atoms with E-state index >= 15 is 0 Å². The molecular formula is C12H12BrNO. The Morgan fingerprint density at radius 1 is 1.27 bits per heavy atom. The van der Waals surface area contributed by atoms with Crippen molar-refractivity contribution in [3.8, 4) is 0 Å². The summed E-state index contributed by atoms with van der Waals surface area (Å²) < 4.78 is 1.02. The molecule has 2 nitrogen and oxygen atoms in total. The van der Waals surface area contributed by atoms with E-state index in [0.29, 0.717) is 0 Å². The number of rotatable bonds is 2. The number of hydrogen-bond donors (Lipinski definition) is 2. The van der Waals surface area contributed by atoms with Gasteiger partial charge in [0.1, 0.15) is 6.10 Å². The largest absolute Gasteiger partial charge is 0.382 e. The van der Waals surface area contributed by atoms with Crippen LogP contribution in [0.2, 0.25) is 0 Å². The molecule has 2 rings (SSSR count). The van der Waals surface area contributed by atoms with E-state index in [0.717, 1.165) is 21.3 Å². The molecule has 0 aliphatic carbocycles. The third-order valence-electron chi connectivity index (χ3n) is 2.52. The highest BCUT2D eigenvalue weighted by atomic mass is 79.9. The SMILES string of the molecule is Cc1c(Br)cccc1C(O)c1ccc[nH]1. The molecule has 1 aromatic carbocycles. The number of aromatic amines is 1. The Labute approximate surface area is 97.1 Å². The molecule has 0 spiro atoms. The molecule has 15 heavy (non-hydrogen) atoms. The van der Waals surface area contributed by atoms with Crippen molar-refractivity contribution in [3.63, 3.8) is 0 Å². The number of H-pyrrole nitrogens is 1. The maximum absolute atomic E-state index is 10.1. The lowest BCUT2D eigenvalue weighted by Gasteiger charge is -2.13. The highest BCUT2D eigenvalue weighted by molar-refractivity contribution is 9.10. The zero-order valence-electron chi connectivity index (χ0n) is 8.37. The lowest BCUT2D eigenvalue weighted by Crippen LogP contribution is -2.02.